The second-order valence-corrected chi connectivity index (χ2v) is 4.63. The number of nitrogens with one attached hydrogen (secondary N) is 1. The molecule has 88 valence electrons. The molecular formula is C12H17ClN2O. The van der Waals surface area contributed by atoms with Gasteiger partial charge in [0.1, 0.15) is 0 Å². The third-order valence-electron chi connectivity index (χ3n) is 2.92. The number of ether oxygens (including phenoxy) is 1. The zero-order valence-corrected chi connectivity index (χ0v) is 10.2. The predicted molar refractivity (Wildman–Crippen MR) is 68.1 cm³/mol. The molecule has 0 atom stereocenters. The Morgan fingerprint density at radius 2 is 2.06 bits per heavy atom. The number of halogens is 1. The topological polar surface area (TPSA) is 47.3 Å². The number of rotatable bonds is 2. The summed E-state index contributed by atoms with van der Waals surface area (Å²) in [4.78, 5) is 0. The van der Waals surface area contributed by atoms with Gasteiger partial charge >= 0.3 is 0 Å². The second kappa shape index (κ2) is 4.93. The van der Waals surface area contributed by atoms with Crippen LogP contribution in [0.4, 0.5) is 11.4 Å². The Bertz CT molecular complexity index is 376. The molecule has 4 heteroatoms. The summed E-state index contributed by atoms with van der Waals surface area (Å²) in [6.07, 6.45) is 2.09. The van der Waals surface area contributed by atoms with Crippen molar-refractivity contribution in [2.75, 3.05) is 24.3 Å². The Hall–Kier alpha value is -0.930. The molecule has 1 saturated heterocycles. The zero-order chi connectivity index (χ0) is 11.5. The largest absolute Gasteiger partial charge is 0.398 e. The van der Waals surface area contributed by atoms with Crippen molar-refractivity contribution in [3.05, 3.63) is 22.7 Å². The number of aryl methyl sites for hydroxylation is 1. The molecule has 3 N–H and O–H groups in total. The molecule has 0 radical (unpaired) electrons. The van der Waals surface area contributed by atoms with Gasteiger partial charge in [-0.15, -0.1) is 0 Å². The van der Waals surface area contributed by atoms with Crippen LogP contribution in [0.1, 0.15) is 18.4 Å². The Balaban J connectivity index is 2.11. The van der Waals surface area contributed by atoms with Gasteiger partial charge in [-0.2, -0.15) is 0 Å². The first-order chi connectivity index (χ1) is 7.66. The average Bonchev–Trinajstić information content (AvgIpc) is 2.27. The van der Waals surface area contributed by atoms with E-state index in [1.165, 1.54) is 0 Å². The monoisotopic (exact) mass is 240 g/mol. The predicted octanol–water partition coefficient (Wildman–Crippen LogP) is 2.82. The van der Waals surface area contributed by atoms with Crippen molar-refractivity contribution < 1.29 is 4.74 Å². The minimum Gasteiger partial charge on any atom is -0.398 e. The Labute approximate surface area is 101 Å². The van der Waals surface area contributed by atoms with Crippen LogP contribution in [-0.2, 0) is 4.74 Å². The highest BCUT2D eigenvalue weighted by atomic mass is 35.5. The van der Waals surface area contributed by atoms with Gasteiger partial charge in [-0.3, -0.25) is 0 Å². The molecule has 2 rings (SSSR count). The van der Waals surface area contributed by atoms with Crippen LogP contribution >= 0.6 is 11.6 Å². The third kappa shape index (κ3) is 2.60. The lowest BCUT2D eigenvalue weighted by Gasteiger charge is -2.25. The molecule has 0 unspecified atom stereocenters. The van der Waals surface area contributed by atoms with E-state index in [0.29, 0.717) is 16.8 Å². The van der Waals surface area contributed by atoms with E-state index in [1.807, 2.05) is 19.1 Å². The SMILES string of the molecule is Cc1cc(N)c(Cl)cc1NC1CCOCC1. The number of hydrogen-bond acceptors (Lipinski definition) is 3. The van der Waals surface area contributed by atoms with Gasteiger partial charge in [0.15, 0.2) is 0 Å². The maximum absolute atomic E-state index is 6.01. The molecule has 1 aromatic carbocycles. The maximum atomic E-state index is 6.01. The molecule has 1 aromatic rings. The van der Waals surface area contributed by atoms with Crippen LogP contribution in [0.3, 0.4) is 0 Å². The van der Waals surface area contributed by atoms with Crippen molar-refractivity contribution in [3.8, 4) is 0 Å². The molecule has 0 spiro atoms. The quantitative estimate of drug-likeness (QED) is 0.782. The third-order valence-corrected chi connectivity index (χ3v) is 3.25. The summed E-state index contributed by atoms with van der Waals surface area (Å²) < 4.78 is 5.32. The molecule has 1 heterocycles. The molecule has 3 nitrogen and oxygen atoms in total. The van der Waals surface area contributed by atoms with Crippen LogP contribution in [0, 0.1) is 6.92 Å². The Morgan fingerprint density at radius 1 is 1.38 bits per heavy atom. The van der Waals surface area contributed by atoms with Gasteiger partial charge in [-0.05, 0) is 37.5 Å². The minimum atomic E-state index is 0.479. The van der Waals surface area contributed by atoms with E-state index >= 15 is 0 Å². The molecule has 1 aliphatic heterocycles. The number of hydrogen-bond donors (Lipinski definition) is 2. The van der Waals surface area contributed by atoms with E-state index in [4.69, 9.17) is 22.1 Å². The maximum Gasteiger partial charge on any atom is 0.0656 e. The number of anilines is 2. The Kier molecular flexibility index (Phi) is 3.56. The van der Waals surface area contributed by atoms with Gasteiger partial charge in [0.05, 0.1) is 10.7 Å². The smallest absolute Gasteiger partial charge is 0.0656 e. The van der Waals surface area contributed by atoms with Crippen LogP contribution in [0.2, 0.25) is 5.02 Å². The fourth-order valence-electron chi connectivity index (χ4n) is 1.92. The van der Waals surface area contributed by atoms with E-state index in [-0.39, 0.29) is 0 Å². The van der Waals surface area contributed by atoms with Crippen LogP contribution in [0.15, 0.2) is 12.1 Å². The summed E-state index contributed by atoms with van der Waals surface area (Å²) in [5.74, 6) is 0. The molecule has 0 bridgehead atoms. The first-order valence-electron chi connectivity index (χ1n) is 5.56. The lowest BCUT2D eigenvalue weighted by molar-refractivity contribution is 0.0904. The van der Waals surface area contributed by atoms with Crippen molar-refractivity contribution in [2.24, 2.45) is 0 Å². The number of nitrogen functional groups attached to an aromatic ring is 1. The van der Waals surface area contributed by atoms with Crippen LogP contribution in [0.25, 0.3) is 0 Å². The van der Waals surface area contributed by atoms with E-state index in [9.17, 15) is 0 Å². The molecule has 16 heavy (non-hydrogen) atoms. The van der Waals surface area contributed by atoms with Gasteiger partial charge in [0.25, 0.3) is 0 Å². The molecular weight excluding hydrogens is 224 g/mol. The Morgan fingerprint density at radius 3 is 2.75 bits per heavy atom. The highest BCUT2D eigenvalue weighted by Gasteiger charge is 2.14. The highest BCUT2D eigenvalue weighted by molar-refractivity contribution is 6.33. The van der Waals surface area contributed by atoms with Crippen LogP contribution in [-0.4, -0.2) is 19.3 Å². The minimum absolute atomic E-state index is 0.479. The summed E-state index contributed by atoms with van der Waals surface area (Å²) in [6.45, 7) is 3.70. The van der Waals surface area contributed by atoms with Crippen molar-refractivity contribution in [3.63, 3.8) is 0 Å². The lowest BCUT2D eigenvalue weighted by atomic mass is 10.1. The molecule has 0 saturated carbocycles. The van der Waals surface area contributed by atoms with Crippen molar-refractivity contribution in [2.45, 2.75) is 25.8 Å². The van der Waals surface area contributed by atoms with E-state index in [1.54, 1.807) is 0 Å². The van der Waals surface area contributed by atoms with Gasteiger partial charge in [-0.1, -0.05) is 11.6 Å². The van der Waals surface area contributed by atoms with Crippen molar-refractivity contribution >= 4 is 23.0 Å². The highest BCUT2D eigenvalue weighted by Crippen LogP contribution is 2.28. The average molecular weight is 241 g/mol. The molecule has 0 aromatic heterocycles. The van der Waals surface area contributed by atoms with Crippen molar-refractivity contribution in [1.29, 1.82) is 0 Å². The molecule has 1 fully saturated rings. The summed E-state index contributed by atoms with van der Waals surface area (Å²) in [6, 6.07) is 4.29. The normalized spacial score (nSPS) is 17.4. The fourth-order valence-corrected chi connectivity index (χ4v) is 2.08. The first-order valence-corrected chi connectivity index (χ1v) is 5.94. The van der Waals surface area contributed by atoms with Gasteiger partial charge in [0.2, 0.25) is 0 Å². The van der Waals surface area contributed by atoms with Crippen LogP contribution < -0.4 is 11.1 Å². The molecule has 0 amide bonds. The number of nitrogens with two attached hydrogens (primary N) is 1. The second-order valence-electron chi connectivity index (χ2n) is 4.22. The fraction of sp³-hybridized carbons (Fsp3) is 0.500. The van der Waals surface area contributed by atoms with Crippen LogP contribution in [0.5, 0.6) is 0 Å². The van der Waals surface area contributed by atoms with Crippen molar-refractivity contribution in [1.82, 2.24) is 0 Å². The molecule has 0 aliphatic carbocycles. The van der Waals surface area contributed by atoms with E-state index in [0.717, 1.165) is 37.3 Å². The van der Waals surface area contributed by atoms with E-state index in [2.05, 4.69) is 5.32 Å². The van der Waals surface area contributed by atoms with Gasteiger partial charge in [0, 0.05) is 24.9 Å². The standard InChI is InChI=1S/C12H17ClN2O/c1-8-6-11(14)10(13)7-12(8)15-9-2-4-16-5-3-9/h6-7,9,15H,2-5,14H2,1H3. The number of benzene rings is 1. The lowest BCUT2D eigenvalue weighted by Crippen LogP contribution is -2.28. The van der Waals surface area contributed by atoms with E-state index < -0.39 is 0 Å². The molecule has 1 aliphatic rings. The van der Waals surface area contributed by atoms with Gasteiger partial charge < -0.3 is 15.8 Å². The summed E-state index contributed by atoms with van der Waals surface area (Å²) in [7, 11) is 0. The zero-order valence-electron chi connectivity index (χ0n) is 9.42. The first kappa shape index (κ1) is 11.6. The summed E-state index contributed by atoms with van der Waals surface area (Å²) in [5, 5.41) is 4.11. The summed E-state index contributed by atoms with van der Waals surface area (Å²) >= 11 is 6.01. The van der Waals surface area contributed by atoms with Gasteiger partial charge in [-0.25, -0.2) is 0 Å². The summed E-state index contributed by atoms with van der Waals surface area (Å²) in [5.41, 5.74) is 8.59.